The zero-order valence-corrected chi connectivity index (χ0v) is 19.1. The van der Waals surface area contributed by atoms with Crippen molar-refractivity contribution in [2.75, 3.05) is 5.32 Å². The third kappa shape index (κ3) is 4.66. The summed E-state index contributed by atoms with van der Waals surface area (Å²) in [6.07, 6.45) is 1.78. The van der Waals surface area contributed by atoms with Crippen LogP contribution in [0.5, 0.6) is 0 Å². The molecule has 7 nitrogen and oxygen atoms in total. The second-order valence-electron chi connectivity index (χ2n) is 8.58. The van der Waals surface area contributed by atoms with E-state index in [1.54, 1.807) is 0 Å². The molecule has 1 heterocycles. The molecule has 0 fully saturated rings. The van der Waals surface area contributed by atoms with Gasteiger partial charge in [-0.2, -0.15) is 0 Å². The van der Waals surface area contributed by atoms with Crippen LogP contribution in [0.15, 0.2) is 83.6 Å². The molecule has 3 aromatic carbocycles. The van der Waals surface area contributed by atoms with Gasteiger partial charge < -0.3 is 14.4 Å². The van der Waals surface area contributed by atoms with Gasteiger partial charge >= 0.3 is 12.1 Å². The number of nitrogens with zero attached hydrogens (tertiary/aromatic N) is 1. The molecule has 0 radical (unpaired) electrons. The average Bonchev–Trinajstić information content (AvgIpc) is 3.51. The number of carboxylic acid groups (broad SMARTS) is 1. The summed E-state index contributed by atoms with van der Waals surface area (Å²) < 4.78 is 10.6. The first kappa shape index (κ1) is 22.4. The number of benzene rings is 3. The fraction of sp³-hybridized carbons (Fsp3) is 0.179. The first-order valence-corrected chi connectivity index (χ1v) is 11.4. The molecular formula is C28H24N2O5. The second kappa shape index (κ2) is 9.46. The zero-order chi connectivity index (χ0) is 24.4. The summed E-state index contributed by atoms with van der Waals surface area (Å²) in [7, 11) is 0. The van der Waals surface area contributed by atoms with E-state index in [4.69, 9.17) is 9.26 Å². The van der Waals surface area contributed by atoms with Gasteiger partial charge in [0.2, 0.25) is 0 Å². The molecule has 2 atom stereocenters. The number of carbonyl (C=O) groups excluding carboxylic acids is 1. The van der Waals surface area contributed by atoms with E-state index in [-0.39, 0.29) is 0 Å². The summed E-state index contributed by atoms with van der Waals surface area (Å²) in [6, 6.07) is 23.2. The van der Waals surface area contributed by atoms with E-state index >= 15 is 0 Å². The van der Waals surface area contributed by atoms with E-state index in [2.05, 4.69) is 16.5 Å². The van der Waals surface area contributed by atoms with Crippen molar-refractivity contribution >= 4 is 17.7 Å². The van der Waals surface area contributed by atoms with Crippen molar-refractivity contribution in [2.45, 2.75) is 31.8 Å². The van der Waals surface area contributed by atoms with E-state index < -0.39 is 24.1 Å². The van der Waals surface area contributed by atoms with Gasteiger partial charge in [-0.15, -0.1) is 0 Å². The maximum absolute atomic E-state index is 12.4. The SMILES string of the molecule is CC(OC(=O)Nc1conc1-c1ccc(-c2ccc3c(c2)CCC3C(=O)O)cc1)c1ccccc1. The summed E-state index contributed by atoms with van der Waals surface area (Å²) >= 11 is 0. The number of fused-ring (bicyclic) bond motifs is 1. The van der Waals surface area contributed by atoms with Gasteiger partial charge in [0.1, 0.15) is 23.7 Å². The molecule has 7 heteroatoms. The Kier molecular flexibility index (Phi) is 6.06. The number of rotatable bonds is 6. The minimum atomic E-state index is -0.767. The highest BCUT2D eigenvalue weighted by Crippen LogP contribution is 2.36. The molecule has 0 spiro atoms. The Morgan fingerprint density at radius 2 is 1.74 bits per heavy atom. The summed E-state index contributed by atoms with van der Waals surface area (Å²) in [5.41, 5.74) is 6.62. The monoisotopic (exact) mass is 468 g/mol. The Balaban J connectivity index is 1.29. The maximum Gasteiger partial charge on any atom is 0.412 e. The molecule has 176 valence electrons. The molecule has 35 heavy (non-hydrogen) atoms. The van der Waals surface area contributed by atoms with Crippen LogP contribution in [-0.2, 0) is 16.0 Å². The molecule has 4 aromatic rings. The van der Waals surface area contributed by atoms with E-state index in [1.165, 1.54) is 6.26 Å². The molecule has 1 aliphatic carbocycles. The van der Waals surface area contributed by atoms with Crippen LogP contribution in [0.4, 0.5) is 10.5 Å². The number of carboxylic acids is 1. The van der Waals surface area contributed by atoms with Crippen LogP contribution in [-0.4, -0.2) is 22.3 Å². The quantitative estimate of drug-likeness (QED) is 0.338. The topological polar surface area (TPSA) is 102 Å². The maximum atomic E-state index is 12.4. The smallest absolute Gasteiger partial charge is 0.412 e. The lowest BCUT2D eigenvalue weighted by Gasteiger charge is -2.14. The molecule has 1 aliphatic rings. The van der Waals surface area contributed by atoms with Crippen LogP contribution in [0.1, 0.15) is 42.1 Å². The van der Waals surface area contributed by atoms with Gasteiger partial charge in [-0.05, 0) is 47.6 Å². The second-order valence-corrected chi connectivity index (χ2v) is 8.58. The average molecular weight is 469 g/mol. The lowest BCUT2D eigenvalue weighted by Crippen LogP contribution is -2.16. The standard InChI is InChI=1S/C28H24N2O5/c1-17(18-5-3-2-4-6-18)35-28(33)29-25-16-34-30-26(25)20-9-7-19(8-10-20)21-11-13-23-22(15-21)12-14-24(23)27(31)32/h2-11,13,15-17,24H,12,14H2,1H3,(H,29,33)(H,31,32). The van der Waals surface area contributed by atoms with Gasteiger partial charge in [-0.3, -0.25) is 10.1 Å². The van der Waals surface area contributed by atoms with Crippen molar-refractivity contribution in [3.63, 3.8) is 0 Å². The number of nitrogens with one attached hydrogen (secondary N) is 1. The predicted molar refractivity (Wildman–Crippen MR) is 131 cm³/mol. The van der Waals surface area contributed by atoms with Crippen molar-refractivity contribution in [1.29, 1.82) is 0 Å². The molecule has 0 aliphatic heterocycles. The van der Waals surface area contributed by atoms with Gasteiger partial charge in [-0.1, -0.05) is 78.0 Å². The van der Waals surface area contributed by atoms with Crippen LogP contribution in [0, 0.1) is 0 Å². The Morgan fingerprint density at radius 3 is 2.49 bits per heavy atom. The van der Waals surface area contributed by atoms with Crippen LogP contribution in [0.25, 0.3) is 22.4 Å². The predicted octanol–water partition coefficient (Wildman–Crippen LogP) is 6.43. The first-order chi connectivity index (χ1) is 17.0. The number of hydrogen-bond acceptors (Lipinski definition) is 5. The van der Waals surface area contributed by atoms with Gasteiger partial charge in [0.15, 0.2) is 0 Å². The molecular weight excluding hydrogens is 444 g/mol. The highest BCUT2D eigenvalue weighted by Gasteiger charge is 2.28. The van der Waals surface area contributed by atoms with E-state index in [0.29, 0.717) is 17.8 Å². The largest absolute Gasteiger partial charge is 0.481 e. The van der Waals surface area contributed by atoms with Crippen molar-refractivity contribution < 1.29 is 24.0 Å². The van der Waals surface area contributed by atoms with Crippen LogP contribution in [0.3, 0.4) is 0 Å². The van der Waals surface area contributed by atoms with Gasteiger partial charge in [0.05, 0.1) is 5.92 Å². The van der Waals surface area contributed by atoms with Crippen molar-refractivity contribution in [3.8, 4) is 22.4 Å². The van der Waals surface area contributed by atoms with Crippen LogP contribution < -0.4 is 5.32 Å². The van der Waals surface area contributed by atoms with Crippen molar-refractivity contribution in [3.05, 3.63) is 95.7 Å². The molecule has 2 N–H and O–H groups in total. The third-order valence-corrected chi connectivity index (χ3v) is 6.37. The van der Waals surface area contributed by atoms with Gasteiger partial charge in [0.25, 0.3) is 0 Å². The normalized spacial score (nSPS) is 15.3. The number of anilines is 1. The van der Waals surface area contributed by atoms with Gasteiger partial charge in [0, 0.05) is 5.56 Å². The van der Waals surface area contributed by atoms with E-state index in [1.807, 2.05) is 73.7 Å². The van der Waals surface area contributed by atoms with Gasteiger partial charge in [-0.25, -0.2) is 4.79 Å². The number of hydrogen-bond donors (Lipinski definition) is 2. The molecule has 0 bridgehead atoms. The molecule has 0 saturated heterocycles. The fourth-order valence-corrected chi connectivity index (χ4v) is 4.50. The van der Waals surface area contributed by atoms with E-state index in [0.717, 1.165) is 39.8 Å². The Hall–Kier alpha value is -4.39. The number of ether oxygens (including phenoxy) is 1. The lowest BCUT2D eigenvalue weighted by molar-refractivity contribution is -0.138. The highest BCUT2D eigenvalue weighted by molar-refractivity contribution is 5.90. The van der Waals surface area contributed by atoms with Crippen molar-refractivity contribution in [2.24, 2.45) is 0 Å². The molecule has 2 unspecified atom stereocenters. The summed E-state index contributed by atoms with van der Waals surface area (Å²) in [5, 5.41) is 16.2. The number of aliphatic carboxylic acids is 1. The third-order valence-electron chi connectivity index (χ3n) is 6.37. The molecule has 5 rings (SSSR count). The van der Waals surface area contributed by atoms with Crippen LogP contribution in [0.2, 0.25) is 0 Å². The molecule has 0 saturated carbocycles. The Bertz CT molecular complexity index is 1360. The Morgan fingerprint density at radius 1 is 1.03 bits per heavy atom. The lowest BCUT2D eigenvalue weighted by atomic mass is 9.96. The Labute approximate surface area is 202 Å². The number of amides is 1. The minimum Gasteiger partial charge on any atom is -0.481 e. The number of carbonyl (C=O) groups is 2. The first-order valence-electron chi connectivity index (χ1n) is 11.4. The minimum absolute atomic E-state index is 0.406. The molecule has 1 amide bonds. The number of aromatic nitrogens is 1. The van der Waals surface area contributed by atoms with Crippen molar-refractivity contribution in [1.82, 2.24) is 5.16 Å². The number of aryl methyl sites for hydroxylation is 1. The fourth-order valence-electron chi connectivity index (χ4n) is 4.50. The van der Waals surface area contributed by atoms with Crippen LogP contribution >= 0.6 is 0 Å². The summed E-state index contributed by atoms with van der Waals surface area (Å²) in [6.45, 7) is 1.81. The summed E-state index contributed by atoms with van der Waals surface area (Å²) in [4.78, 5) is 23.9. The highest BCUT2D eigenvalue weighted by atomic mass is 16.6. The molecule has 1 aromatic heterocycles. The zero-order valence-electron chi connectivity index (χ0n) is 19.1. The summed E-state index contributed by atoms with van der Waals surface area (Å²) in [5.74, 6) is -1.18. The van der Waals surface area contributed by atoms with E-state index in [9.17, 15) is 14.7 Å².